The number of benzene rings is 1. The van der Waals surface area contributed by atoms with Gasteiger partial charge in [0.1, 0.15) is 0 Å². The van der Waals surface area contributed by atoms with Gasteiger partial charge in [0.15, 0.2) is 0 Å². The molecule has 0 aliphatic heterocycles. The smallest absolute Gasteiger partial charge is 0.222 e. The van der Waals surface area contributed by atoms with Crippen LogP contribution in [0.5, 0.6) is 0 Å². The molecule has 0 heterocycles. The molecular weight excluding hydrogens is 280 g/mol. The number of amides is 1. The summed E-state index contributed by atoms with van der Waals surface area (Å²) in [7, 11) is 1.62. The highest BCUT2D eigenvalue weighted by Crippen LogP contribution is 2.17. The third-order valence-corrected chi connectivity index (χ3v) is 3.46. The van der Waals surface area contributed by atoms with Gasteiger partial charge in [0, 0.05) is 26.1 Å². The van der Waals surface area contributed by atoms with Gasteiger partial charge in [-0.25, -0.2) is 0 Å². The Bertz CT molecular complexity index is 432. The van der Waals surface area contributed by atoms with Crippen LogP contribution in [0.3, 0.4) is 0 Å². The van der Waals surface area contributed by atoms with Crippen LogP contribution in [0.4, 0.5) is 0 Å². The van der Waals surface area contributed by atoms with Crippen LogP contribution in [-0.4, -0.2) is 39.4 Å². The molecule has 0 saturated heterocycles. The fourth-order valence-corrected chi connectivity index (χ4v) is 1.97. The number of hydrogen-bond donors (Lipinski definition) is 2. The van der Waals surface area contributed by atoms with Crippen molar-refractivity contribution in [1.82, 2.24) is 5.32 Å². The highest BCUT2D eigenvalue weighted by Gasteiger charge is 2.09. The number of ether oxygens (including phenoxy) is 2. The Labute approximate surface area is 133 Å². The standard InChI is InChI=1S/C17H28N2O3/c1-13(2)14-4-6-15(7-5-14)16(18)12-19-17(20)8-9-22-11-10-21-3/h4-7,13,16H,8-12,18H2,1-3H3,(H,19,20). The lowest BCUT2D eigenvalue weighted by Gasteiger charge is -2.14. The summed E-state index contributed by atoms with van der Waals surface area (Å²) in [6, 6.07) is 8.04. The molecule has 0 aliphatic carbocycles. The second-order valence-electron chi connectivity index (χ2n) is 5.59. The number of hydrogen-bond acceptors (Lipinski definition) is 4. The van der Waals surface area contributed by atoms with Gasteiger partial charge in [0.2, 0.25) is 5.91 Å². The van der Waals surface area contributed by atoms with Crippen LogP contribution in [-0.2, 0) is 14.3 Å². The van der Waals surface area contributed by atoms with E-state index in [0.29, 0.717) is 38.7 Å². The van der Waals surface area contributed by atoms with Crippen molar-refractivity contribution in [3.8, 4) is 0 Å². The van der Waals surface area contributed by atoms with Crippen LogP contribution in [0.2, 0.25) is 0 Å². The molecule has 1 unspecified atom stereocenters. The van der Waals surface area contributed by atoms with Crippen LogP contribution in [0.1, 0.15) is 43.4 Å². The van der Waals surface area contributed by atoms with Gasteiger partial charge in [-0.05, 0) is 17.0 Å². The predicted octanol–water partition coefficient (Wildman–Crippen LogP) is 1.98. The highest BCUT2D eigenvalue weighted by molar-refractivity contribution is 5.76. The van der Waals surface area contributed by atoms with Gasteiger partial charge >= 0.3 is 0 Å². The van der Waals surface area contributed by atoms with Crippen LogP contribution >= 0.6 is 0 Å². The van der Waals surface area contributed by atoms with Crippen LogP contribution in [0, 0.1) is 0 Å². The molecule has 1 rings (SSSR count). The summed E-state index contributed by atoms with van der Waals surface area (Å²) in [5.41, 5.74) is 8.42. The second kappa shape index (κ2) is 10.3. The molecule has 1 atom stereocenters. The van der Waals surface area contributed by atoms with Crippen molar-refractivity contribution in [3.05, 3.63) is 35.4 Å². The monoisotopic (exact) mass is 308 g/mol. The largest absolute Gasteiger partial charge is 0.382 e. The Balaban J connectivity index is 2.27. The van der Waals surface area contributed by atoms with E-state index < -0.39 is 0 Å². The number of nitrogens with two attached hydrogens (primary N) is 1. The molecule has 22 heavy (non-hydrogen) atoms. The third-order valence-electron chi connectivity index (χ3n) is 3.46. The van der Waals surface area contributed by atoms with Crippen molar-refractivity contribution in [1.29, 1.82) is 0 Å². The average molecular weight is 308 g/mol. The third kappa shape index (κ3) is 7.02. The molecule has 5 nitrogen and oxygen atoms in total. The Morgan fingerprint density at radius 2 is 1.77 bits per heavy atom. The van der Waals surface area contributed by atoms with E-state index >= 15 is 0 Å². The predicted molar refractivity (Wildman–Crippen MR) is 87.8 cm³/mol. The lowest BCUT2D eigenvalue weighted by Crippen LogP contribution is -2.32. The van der Waals surface area contributed by atoms with Crippen molar-refractivity contribution in [2.45, 2.75) is 32.2 Å². The molecule has 0 spiro atoms. The van der Waals surface area contributed by atoms with Crippen molar-refractivity contribution in [2.75, 3.05) is 33.5 Å². The maximum atomic E-state index is 11.7. The van der Waals surface area contributed by atoms with Gasteiger partial charge in [0.05, 0.1) is 19.8 Å². The first kappa shape index (κ1) is 18.6. The lowest BCUT2D eigenvalue weighted by atomic mass is 9.99. The van der Waals surface area contributed by atoms with Gasteiger partial charge in [-0.1, -0.05) is 38.1 Å². The molecule has 1 amide bonds. The summed E-state index contributed by atoms with van der Waals surface area (Å²) >= 11 is 0. The second-order valence-corrected chi connectivity index (χ2v) is 5.59. The number of rotatable bonds is 10. The van der Waals surface area contributed by atoms with E-state index in [-0.39, 0.29) is 11.9 Å². The normalized spacial score (nSPS) is 12.4. The Morgan fingerprint density at radius 3 is 2.36 bits per heavy atom. The summed E-state index contributed by atoms with van der Waals surface area (Å²) in [6.45, 7) is 6.18. The molecule has 0 fully saturated rings. The van der Waals surface area contributed by atoms with E-state index in [2.05, 4.69) is 31.3 Å². The Kier molecular flexibility index (Phi) is 8.74. The van der Waals surface area contributed by atoms with Crippen molar-refractivity contribution >= 4 is 5.91 Å². The quantitative estimate of drug-likeness (QED) is 0.648. The maximum Gasteiger partial charge on any atom is 0.222 e. The zero-order valence-corrected chi connectivity index (χ0v) is 13.8. The SMILES string of the molecule is COCCOCCC(=O)NCC(N)c1ccc(C(C)C)cc1. The Morgan fingerprint density at radius 1 is 1.14 bits per heavy atom. The zero-order valence-electron chi connectivity index (χ0n) is 13.8. The number of methoxy groups -OCH3 is 1. The average Bonchev–Trinajstić information content (AvgIpc) is 2.52. The van der Waals surface area contributed by atoms with Crippen LogP contribution < -0.4 is 11.1 Å². The van der Waals surface area contributed by atoms with E-state index in [1.165, 1.54) is 5.56 Å². The molecule has 0 aromatic heterocycles. The van der Waals surface area contributed by atoms with Gasteiger partial charge in [0.25, 0.3) is 0 Å². The van der Waals surface area contributed by atoms with E-state index in [1.807, 2.05) is 12.1 Å². The van der Waals surface area contributed by atoms with Crippen LogP contribution in [0.15, 0.2) is 24.3 Å². The Hall–Kier alpha value is -1.43. The molecule has 0 aliphatic rings. The van der Waals surface area contributed by atoms with E-state index in [4.69, 9.17) is 15.2 Å². The summed E-state index contributed by atoms with van der Waals surface area (Å²) in [4.78, 5) is 11.7. The number of carbonyl (C=O) groups excluding carboxylic acids is 1. The summed E-state index contributed by atoms with van der Waals surface area (Å²) < 4.78 is 10.1. The van der Waals surface area contributed by atoms with E-state index in [0.717, 1.165) is 5.56 Å². The fraction of sp³-hybridized carbons (Fsp3) is 0.588. The van der Waals surface area contributed by atoms with Crippen LogP contribution in [0.25, 0.3) is 0 Å². The molecule has 0 bridgehead atoms. The first-order chi connectivity index (χ1) is 10.5. The molecule has 3 N–H and O–H groups in total. The topological polar surface area (TPSA) is 73.6 Å². The van der Waals surface area contributed by atoms with Gasteiger partial charge in [-0.2, -0.15) is 0 Å². The summed E-state index contributed by atoms with van der Waals surface area (Å²) in [6.07, 6.45) is 0.336. The van der Waals surface area contributed by atoms with Gasteiger partial charge in [-0.3, -0.25) is 4.79 Å². The number of nitrogens with one attached hydrogen (secondary N) is 1. The molecule has 0 saturated carbocycles. The minimum atomic E-state index is -0.195. The zero-order chi connectivity index (χ0) is 16.4. The molecular formula is C17H28N2O3. The molecule has 0 radical (unpaired) electrons. The molecule has 1 aromatic rings. The highest BCUT2D eigenvalue weighted by atomic mass is 16.5. The first-order valence-corrected chi connectivity index (χ1v) is 7.73. The molecule has 124 valence electrons. The minimum Gasteiger partial charge on any atom is -0.382 e. The summed E-state index contributed by atoms with van der Waals surface area (Å²) in [5, 5.41) is 2.83. The van der Waals surface area contributed by atoms with E-state index in [1.54, 1.807) is 7.11 Å². The lowest BCUT2D eigenvalue weighted by molar-refractivity contribution is -0.122. The fourth-order valence-electron chi connectivity index (χ4n) is 1.97. The molecule has 1 aromatic carbocycles. The van der Waals surface area contributed by atoms with Crippen molar-refractivity contribution in [3.63, 3.8) is 0 Å². The minimum absolute atomic E-state index is 0.0494. The maximum absolute atomic E-state index is 11.7. The number of carbonyl (C=O) groups is 1. The van der Waals surface area contributed by atoms with Gasteiger partial charge < -0.3 is 20.5 Å². The molecule has 5 heteroatoms. The first-order valence-electron chi connectivity index (χ1n) is 7.73. The van der Waals surface area contributed by atoms with Crippen molar-refractivity contribution in [2.24, 2.45) is 5.73 Å². The van der Waals surface area contributed by atoms with Crippen molar-refractivity contribution < 1.29 is 14.3 Å². The summed E-state index contributed by atoms with van der Waals surface area (Å²) in [5.74, 6) is 0.453. The van der Waals surface area contributed by atoms with E-state index in [9.17, 15) is 4.79 Å². The van der Waals surface area contributed by atoms with Gasteiger partial charge in [-0.15, -0.1) is 0 Å².